The van der Waals surface area contributed by atoms with E-state index in [9.17, 15) is 13.2 Å². The molecule has 0 aromatic rings. The molecule has 0 aliphatic carbocycles. The Balaban J connectivity index is 2.76. The molecule has 70 valence electrons. The van der Waals surface area contributed by atoms with Crippen LogP contribution in [0.2, 0.25) is 0 Å². The van der Waals surface area contributed by atoms with Gasteiger partial charge in [-0.3, -0.25) is 0 Å². The van der Waals surface area contributed by atoms with E-state index in [-0.39, 0.29) is 0 Å². The summed E-state index contributed by atoms with van der Waals surface area (Å²) in [5.41, 5.74) is 2.69. The van der Waals surface area contributed by atoms with Gasteiger partial charge in [-0.2, -0.15) is 13.2 Å². The van der Waals surface area contributed by atoms with Gasteiger partial charge in [0.25, 0.3) is 0 Å². The lowest BCUT2D eigenvalue weighted by Gasteiger charge is -2.19. The molecule has 0 aromatic heterocycles. The summed E-state index contributed by atoms with van der Waals surface area (Å²) >= 11 is 0. The summed E-state index contributed by atoms with van der Waals surface area (Å²) in [5, 5.41) is 1.34. The van der Waals surface area contributed by atoms with Gasteiger partial charge < -0.3 is 5.01 Å². The lowest BCUT2D eigenvalue weighted by molar-refractivity contribution is -0.151. The van der Waals surface area contributed by atoms with Gasteiger partial charge >= 0.3 is 6.18 Å². The van der Waals surface area contributed by atoms with E-state index in [1.54, 1.807) is 14.0 Å². The molecule has 0 spiro atoms. The minimum absolute atomic E-state index is 0.380. The highest BCUT2D eigenvalue weighted by molar-refractivity contribution is 5.16. The quantitative estimate of drug-likeness (QED) is 0.660. The lowest BCUT2D eigenvalue weighted by Crippen LogP contribution is -2.43. The number of hydrogen-bond donors (Lipinski definition) is 1. The first kappa shape index (κ1) is 9.38. The average molecular weight is 180 g/mol. The molecule has 0 radical (unpaired) electrons. The molecule has 0 bridgehead atoms. The second kappa shape index (κ2) is 2.97. The Bertz CT molecular complexity index is 197. The van der Waals surface area contributed by atoms with Gasteiger partial charge in [0, 0.05) is 13.2 Å². The van der Waals surface area contributed by atoms with Crippen molar-refractivity contribution in [3.63, 3.8) is 0 Å². The standard InChI is InChI=1S/C7H11F3N2/c1-3-5-4-12(2)11-6(5)7(8,9)10/h4,6,11H,3H2,1-2H3. The second-order valence-electron chi connectivity index (χ2n) is 2.77. The van der Waals surface area contributed by atoms with E-state index >= 15 is 0 Å². The normalized spacial score (nSPS) is 24.6. The van der Waals surface area contributed by atoms with E-state index in [1.807, 2.05) is 0 Å². The predicted octanol–water partition coefficient (Wildman–Crippen LogP) is 1.66. The Morgan fingerprint density at radius 3 is 2.50 bits per heavy atom. The van der Waals surface area contributed by atoms with Crippen molar-refractivity contribution < 1.29 is 13.2 Å². The maximum atomic E-state index is 12.2. The average Bonchev–Trinajstić information content (AvgIpc) is 2.29. The van der Waals surface area contributed by atoms with Crippen molar-refractivity contribution in [2.75, 3.05) is 7.05 Å². The van der Waals surface area contributed by atoms with Crippen molar-refractivity contribution in [3.8, 4) is 0 Å². The number of alkyl halides is 3. The summed E-state index contributed by atoms with van der Waals surface area (Å²) in [6.07, 6.45) is -2.29. The van der Waals surface area contributed by atoms with Crippen LogP contribution in [0.4, 0.5) is 13.2 Å². The van der Waals surface area contributed by atoms with Crippen LogP contribution in [0, 0.1) is 0 Å². The van der Waals surface area contributed by atoms with Gasteiger partial charge in [0.15, 0.2) is 0 Å². The van der Waals surface area contributed by atoms with E-state index in [0.717, 1.165) is 0 Å². The van der Waals surface area contributed by atoms with Crippen LogP contribution >= 0.6 is 0 Å². The first-order valence-corrected chi connectivity index (χ1v) is 3.71. The molecule has 0 saturated heterocycles. The van der Waals surface area contributed by atoms with E-state index in [0.29, 0.717) is 12.0 Å². The lowest BCUT2D eigenvalue weighted by atomic mass is 10.1. The highest BCUT2D eigenvalue weighted by Crippen LogP contribution is 2.29. The number of hydrogen-bond acceptors (Lipinski definition) is 2. The van der Waals surface area contributed by atoms with Crippen molar-refractivity contribution in [1.29, 1.82) is 0 Å². The number of rotatable bonds is 1. The first-order valence-electron chi connectivity index (χ1n) is 3.71. The maximum absolute atomic E-state index is 12.2. The topological polar surface area (TPSA) is 15.3 Å². The molecule has 0 aromatic carbocycles. The molecule has 1 aliphatic rings. The molecule has 0 amide bonds. The fourth-order valence-electron chi connectivity index (χ4n) is 1.23. The van der Waals surface area contributed by atoms with Crippen molar-refractivity contribution in [2.45, 2.75) is 25.6 Å². The molecule has 0 fully saturated rings. The van der Waals surface area contributed by atoms with E-state index < -0.39 is 12.2 Å². The monoisotopic (exact) mass is 180 g/mol. The van der Waals surface area contributed by atoms with Crippen LogP contribution < -0.4 is 5.43 Å². The van der Waals surface area contributed by atoms with Gasteiger partial charge in [-0.25, -0.2) is 5.43 Å². The largest absolute Gasteiger partial charge is 0.409 e. The Morgan fingerprint density at radius 2 is 2.17 bits per heavy atom. The van der Waals surface area contributed by atoms with Gasteiger partial charge in [0.2, 0.25) is 0 Å². The van der Waals surface area contributed by atoms with Crippen molar-refractivity contribution in [2.24, 2.45) is 0 Å². The fourth-order valence-corrected chi connectivity index (χ4v) is 1.23. The molecular formula is C7H11F3N2. The third-order valence-corrected chi connectivity index (χ3v) is 1.80. The molecule has 1 heterocycles. The Hall–Kier alpha value is -0.710. The van der Waals surface area contributed by atoms with Gasteiger partial charge in [0.05, 0.1) is 0 Å². The SMILES string of the molecule is CCC1=CN(C)NC1C(F)(F)F. The summed E-state index contributed by atoms with van der Waals surface area (Å²) in [6, 6.07) is -1.49. The van der Waals surface area contributed by atoms with Crippen molar-refractivity contribution >= 4 is 0 Å². The van der Waals surface area contributed by atoms with E-state index in [2.05, 4.69) is 5.43 Å². The van der Waals surface area contributed by atoms with Crippen LogP contribution in [-0.4, -0.2) is 24.3 Å². The molecule has 1 atom stereocenters. The zero-order valence-corrected chi connectivity index (χ0v) is 6.94. The summed E-state index contributed by atoms with van der Waals surface area (Å²) in [4.78, 5) is 0. The van der Waals surface area contributed by atoms with Gasteiger partial charge in [-0.1, -0.05) is 6.92 Å². The summed E-state index contributed by atoms with van der Waals surface area (Å²) < 4.78 is 36.7. The van der Waals surface area contributed by atoms with Crippen LogP contribution in [0.5, 0.6) is 0 Å². The molecule has 2 nitrogen and oxygen atoms in total. The summed E-state index contributed by atoms with van der Waals surface area (Å²) in [5.74, 6) is 0. The first-order chi connectivity index (χ1) is 5.45. The summed E-state index contributed by atoms with van der Waals surface area (Å²) in [7, 11) is 1.56. The van der Waals surface area contributed by atoms with Gasteiger partial charge in [-0.15, -0.1) is 0 Å². The predicted molar refractivity (Wildman–Crippen MR) is 39.1 cm³/mol. The van der Waals surface area contributed by atoms with E-state index in [1.165, 1.54) is 11.2 Å². The maximum Gasteiger partial charge on any atom is 0.409 e. The number of halogens is 3. The van der Waals surface area contributed by atoms with Crippen LogP contribution in [0.3, 0.4) is 0 Å². The Labute approximate surface area is 69.0 Å². The highest BCUT2D eigenvalue weighted by Gasteiger charge is 2.44. The highest BCUT2D eigenvalue weighted by atomic mass is 19.4. The van der Waals surface area contributed by atoms with Crippen LogP contribution in [-0.2, 0) is 0 Å². The molecule has 1 rings (SSSR count). The van der Waals surface area contributed by atoms with E-state index in [4.69, 9.17) is 0 Å². The van der Waals surface area contributed by atoms with Crippen LogP contribution in [0.1, 0.15) is 13.3 Å². The minimum atomic E-state index is -4.19. The molecule has 0 saturated carbocycles. The number of nitrogens with one attached hydrogen (secondary N) is 1. The molecular weight excluding hydrogens is 169 g/mol. The Kier molecular flexibility index (Phi) is 2.32. The number of nitrogens with zero attached hydrogens (tertiary/aromatic N) is 1. The molecule has 5 heteroatoms. The third-order valence-electron chi connectivity index (χ3n) is 1.80. The van der Waals surface area contributed by atoms with Crippen molar-refractivity contribution in [1.82, 2.24) is 10.4 Å². The molecule has 1 N–H and O–H groups in total. The minimum Gasteiger partial charge on any atom is -0.318 e. The molecule has 1 unspecified atom stereocenters. The Morgan fingerprint density at radius 1 is 1.58 bits per heavy atom. The van der Waals surface area contributed by atoms with Crippen molar-refractivity contribution in [3.05, 3.63) is 11.8 Å². The van der Waals surface area contributed by atoms with Crippen LogP contribution in [0.15, 0.2) is 11.8 Å². The zero-order valence-electron chi connectivity index (χ0n) is 6.94. The van der Waals surface area contributed by atoms with Crippen LogP contribution in [0.25, 0.3) is 0 Å². The zero-order chi connectivity index (χ0) is 9.35. The second-order valence-corrected chi connectivity index (χ2v) is 2.77. The van der Waals surface area contributed by atoms with Gasteiger partial charge in [-0.05, 0) is 12.0 Å². The van der Waals surface area contributed by atoms with Gasteiger partial charge in [0.1, 0.15) is 6.04 Å². The molecule has 12 heavy (non-hydrogen) atoms. The smallest absolute Gasteiger partial charge is 0.318 e. The third kappa shape index (κ3) is 1.72. The molecule has 1 aliphatic heterocycles. The summed E-state index contributed by atoms with van der Waals surface area (Å²) in [6.45, 7) is 1.71. The number of hydrazine groups is 1. The fraction of sp³-hybridized carbons (Fsp3) is 0.714.